The van der Waals surface area contributed by atoms with E-state index >= 15 is 0 Å². The van der Waals surface area contributed by atoms with Gasteiger partial charge < -0.3 is 14.8 Å². The SMILES string of the molecule is COc1ccc(NC(=O)Cn2cnc3sc(C)c(S(=O)(=O)N4C[C@H](C)C[C@H](C)C4)c3c2=O)cc1OC. The van der Waals surface area contributed by atoms with E-state index in [1.165, 1.54) is 36.2 Å². The molecule has 10 nitrogen and oxygen atoms in total. The van der Waals surface area contributed by atoms with E-state index in [-0.39, 0.29) is 28.7 Å². The molecule has 194 valence electrons. The average Bonchev–Trinajstić information content (AvgIpc) is 3.17. The third-order valence-electron chi connectivity index (χ3n) is 6.21. The first-order valence-electron chi connectivity index (χ1n) is 11.6. The molecule has 1 aliphatic rings. The number of hydrogen-bond donors (Lipinski definition) is 1. The van der Waals surface area contributed by atoms with Crippen molar-refractivity contribution in [3.63, 3.8) is 0 Å². The van der Waals surface area contributed by atoms with Crippen LogP contribution in [0.25, 0.3) is 10.2 Å². The summed E-state index contributed by atoms with van der Waals surface area (Å²) in [5.74, 6) is 0.939. The Labute approximate surface area is 213 Å². The highest BCUT2D eigenvalue weighted by molar-refractivity contribution is 7.89. The summed E-state index contributed by atoms with van der Waals surface area (Å²) in [5.41, 5.74) is -0.105. The molecule has 1 aromatic carbocycles. The molecule has 0 spiro atoms. The number of fused-ring (bicyclic) bond motifs is 1. The lowest BCUT2D eigenvalue weighted by Crippen LogP contribution is -2.42. The van der Waals surface area contributed by atoms with Gasteiger partial charge in [-0.1, -0.05) is 13.8 Å². The van der Waals surface area contributed by atoms with E-state index in [4.69, 9.17) is 9.47 Å². The first kappa shape index (κ1) is 26.1. The molecule has 0 aliphatic carbocycles. The van der Waals surface area contributed by atoms with Gasteiger partial charge in [0.2, 0.25) is 15.9 Å². The van der Waals surface area contributed by atoms with Crippen LogP contribution in [-0.4, -0.2) is 55.5 Å². The van der Waals surface area contributed by atoms with Crippen LogP contribution in [0.4, 0.5) is 5.69 Å². The van der Waals surface area contributed by atoms with Crippen molar-refractivity contribution in [3.8, 4) is 11.5 Å². The molecular formula is C24H30N4O6S2. The van der Waals surface area contributed by atoms with Crippen LogP contribution in [0.1, 0.15) is 25.1 Å². The van der Waals surface area contributed by atoms with Crippen LogP contribution >= 0.6 is 11.3 Å². The zero-order chi connectivity index (χ0) is 26.2. The largest absolute Gasteiger partial charge is 0.493 e. The molecule has 1 N–H and O–H groups in total. The second kappa shape index (κ2) is 10.2. The first-order valence-corrected chi connectivity index (χ1v) is 13.8. The Bertz CT molecular complexity index is 1450. The fourth-order valence-electron chi connectivity index (χ4n) is 4.74. The van der Waals surface area contributed by atoms with Crippen molar-refractivity contribution in [3.05, 3.63) is 39.8 Å². The summed E-state index contributed by atoms with van der Waals surface area (Å²) in [4.78, 5) is 31.3. The molecule has 4 rings (SSSR count). The maximum atomic E-state index is 13.7. The van der Waals surface area contributed by atoms with Crippen LogP contribution in [0.3, 0.4) is 0 Å². The van der Waals surface area contributed by atoms with Gasteiger partial charge in [0.25, 0.3) is 5.56 Å². The molecule has 3 aromatic rings. The molecule has 1 aliphatic heterocycles. The summed E-state index contributed by atoms with van der Waals surface area (Å²) in [6, 6.07) is 4.91. The van der Waals surface area contributed by atoms with Crippen molar-refractivity contribution >= 4 is 43.2 Å². The molecule has 1 amide bonds. The summed E-state index contributed by atoms with van der Waals surface area (Å²) >= 11 is 1.17. The fraction of sp³-hybridized carbons (Fsp3) is 0.458. The third-order valence-corrected chi connectivity index (χ3v) is 9.36. The number of benzene rings is 1. The van der Waals surface area contributed by atoms with Crippen LogP contribution in [0.5, 0.6) is 11.5 Å². The van der Waals surface area contributed by atoms with E-state index < -0.39 is 21.5 Å². The van der Waals surface area contributed by atoms with E-state index in [0.29, 0.717) is 40.0 Å². The van der Waals surface area contributed by atoms with Crippen LogP contribution in [0, 0.1) is 18.8 Å². The highest BCUT2D eigenvalue weighted by Crippen LogP contribution is 2.35. The average molecular weight is 535 g/mol. The molecule has 0 bridgehead atoms. The smallest absolute Gasteiger partial charge is 0.263 e. The fourth-order valence-corrected chi connectivity index (χ4v) is 8.08. The number of nitrogens with zero attached hydrogens (tertiary/aromatic N) is 3. The standard InChI is InChI=1S/C24H30N4O6S2/c1-14-8-15(2)11-28(10-14)36(31,32)22-16(3)35-23-21(22)24(30)27(13-25-23)12-20(29)26-17-6-7-18(33-4)19(9-17)34-5/h6-7,9,13-15H,8,10-12H2,1-5H3,(H,26,29)/t14-,15+. The number of nitrogens with one attached hydrogen (secondary N) is 1. The summed E-state index contributed by atoms with van der Waals surface area (Å²) < 4.78 is 40.4. The van der Waals surface area contributed by atoms with Crippen LogP contribution in [-0.2, 0) is 21.4 Å². The zero-order valence-corrected chi connectivity index (χ0v) is 22.5. The predicted molar refractivity (Wildman–Crippen MR) is 138 cm³/mol. The van der Waals surface area contributed by atoms with E-state index in [1.807, 2.05) is 13.8 Å². The molecular weight excluding hydrogens is 504 g/mol. The maximum absolute atomic E-state index is 13.7. The molecule has 0 unspecified atom stereocenters. The molecule has 2 aromatic heterocycles. The quantitative estimate of drug-likeness (QED) is 0.495. The Kier molecular flexibility index (Phi) is 7.39. The Morgan fingerprint density at radius 2 is 1.83 bits per heavy atom. The van der Waals surface area contributed by atoms with E-state index in [9.17, 15) is 18.0 Å². The van der Waals surface area contributed by atoms with Gasteiger partial charge in [-0.15, -0.1) is 11.3 Å². The second-order valence-electron chi connectivity index (χ2n) is 9.23. The minimum atomic E-state index is -3.91. The topological polar surface area (TPSA) is 120 Å². The van der Waals surface area contributed by atoms with Gasteiger partial charge in [-0.05, 0) is 37.3 Å². The number of hydrogen-bond acceptors (Lipinski definition) is 8. The summed E-state index contributed by atoms with van der Waals surface area (Å²) in [6.07, 6.45) is 2.23. The minimum Gasteiger partial charge on any atom is -0.493 e. The van der Waals surface area contributed by atoms with Gasteiger partial charge in [-0.25, -0.2) is 13.4 Å². The molecule has 1 saturated heterocycles. The van der Waals surface area contributed by atoms with Crippen molar-refractivity contribution in [2.45, 2.75) is 38.6 Å². The van der Waals surface area contributed by atoms with E-state index in [0.717, 1.165) is 11.0 Å². The number of thiophene rings is 1. The zero-order valence-electron chi connectivity index (χ0n) is 20.9. The Hall–Kier alpha value is -2.96. The van der Waals surface area contributed by atoms with E-state index in [2.05, 4.69) is 10.3 Å². The normalized spacial score (nSPS) is 18.8. The van der Waals surface area contributed by atoms with Crippen molar-refractivity contribution in [1.82, 2.24) is 13.9 Å². The minimum absolute atomic E-state index is 0.00375. The molecule has 2 atom stereocenters. The van der Waals surface area contributed by atoms with Gasteiger partial charge >= 0.3 is 0 Å². The summed E-state index contributed by atoms with van der Waals surface area (Å²) in [6.45, 7) is 6.23. The number of piperidine rings is 1. The number of ether oxygens (including phenoxy) is 2. The summed E-state index contributed by atoms with van der Waals surface area (Å²) in [7, 11) is -0.906. The summed E-state index contributed by atoms with van der Waals surface area (Å²) in [5, 5.41) is 2.75. The van der Waals surface area contributed by atoms with Crippen molar-refractivity contribution < 1.29 is 22.7 Å². The number of rotatable bonds is 7. The van der Waals surface area contributed by atoms with Gasteiger partial charge in [-0.3, -0.25) is 14.2 Å². The van der Waals surface area contributed by atoms with Crippen LogP contribution < -0.4 is 20.3 Å². The lowest BCUT2D eigenvalue weighted by atomic mass is 9.94. The van der Waals surface area contributed by atoms with Crippen LogP contribution in [0.2, 0.25) is 0 Å². The monoisotopic (exact) mass is 534 g/mol. The van der Waals surface area contributed by atoms with Gasteiger partial charge in [0.1, 0.15) is 16.3 Å². The first-order chi connectivity index (χ1) is 17.0. The number of aromatic nitrogens is 2. The highest BCUT2D eigenvalue weighted by atomic mass is 32.2. The lowest BCUT2D eigenvalue weighted by Gasteiger charge is -2.34. The molecule has 12 heteroatoms. The molecule has 1 fully saturated rings. The van der Waals surface area contributed by atoms with Gasteiger partial charge in [0.05, 0.1) is 25.9 Å². The number of anilines is 1. The molecule has 0 radical (unpaired) electrons. The highest BCUT2D eigenvalue weighted by Gasteiger charge is 2.35. The number of methoxy groups -OCH3 is 2. The number of sulfonamides is 1. The van der Waals surface area contributed by atoms with Crippen molar-refractivity contribution in [1.29, 1.82) is 0 Å². The number of aryl methyl sites for hydroxylation is 1. The van der Waals surface area contributed by atoms with Gasteiger partial charge in [0, 0.05) is 29.7 Å². The van der Waals surface area contributed by atoms with Crippen molar-refractivity contribution in [2.75, 3.05) is 32.6 Å². The van der Waals surface area contributed by atoms with Gasteiger partial charge in [-0.2, -0.15) is 4.31 Å². The molecule has 3 heterocycles. The second-order valence-corrected chi connectivity index (χ2v) is 12.3. The molecule has 0 saturated carbocycles. The predicted octanol–water partition coefficient (Wildman–Crippen LogP) is 3.09. The Morgan fingerprint density at radius 3 is 2.47 bits per heavy atom. The number of carbonyl (C=O) groups excluding carboxylic acids is 1. The number of carbonyl (C=O) groups is 1. The van der Waals surface area contributed by atoms with Crippen LogP contribution in [0.15, 0.2) is 34.2 Å². The van der Waals surface area contributed by atoms with Gasteiger partial charge in [0.15, 0.2) is 11.5 Å². The third kappa shape index (κ3) is 4.97. The maximum Gasteiger partial charge on any atom is 0.263 e. The molecule has 36 heavy (non-hydrogen) atoms. The Balaban J connectivity index is 1.65. The van der Waals surface area contributed by atoms with Crippen molar-refractivity contribution in [2.24, 2.45) is 11.8 Å². The van der Waals surface area contributed by atoms with E-state index in [1.54, 1.807) is 25.1 Å². The number of amides is 1. The lowest BCUT2D eigenvalue weighted by molar-refractivity contribution is -0.116. The Morgan fingerprint density at radius 1 is 1.17 bits per heavy atom.